The van der Waals surface area contributed by atoms with E-state index in [4.69, 9.17) is 16.3 Å². The summed E-state index contributed by atoms with van der Waals surface area (Å²) in [6, 6.07) is 15.3. The van der Waals surface area contributed by atoms with E-state index in [1.165, 1.54) is 0 Å². The van der Waals surface area contributed by atoms with Crippen molar-refractivity contribution in [2.24, 2.45) is 0 Å². The third kappa shape index (κ3) is 6.47. The highest BCUT2D eigenvalue weighted by atomic mass is 79.9. The average molecular weight is 395 g/mol. The first-order valence-corrected chi connectivity index (χ1v) is 8.38. The van der Waals surface area contributed by atoms with Gasteiger partial charge in [0.15, 0.2) is 0 Å². The topological polar surface area (TPSA) is 38.3 Å². The summed E-state index contributed by atoms with van der Waals surface area (Å²) in [5.41, 5.74) is 1.90. The van der Waals surface area contributed by atoms with Gasteiger partial charge in [0.2, 0.25) is 0 Å². The lowest BCUT2D eigenvalue weighted by Gasteiger charge is -2.06. The minimum Gasteiger partial charge on any atom is -0.445 e. The van der Waals surface area contributed by atoms with Crippen molar-refractivity contribution in [3.8, 4) is 0 Å². The normalized spacial score (nSPS) is 10.7. The van der Waals surface area contributed by atoms with E-state index in [1.54, 1.807) is 0 Å². The molecule has 0 fully saturated rings. The maximum absolute atomic E-state index is 11.6. The standard InChI is InChI=1S/C18H17BrClNO2/c19-16-9-10-17(20)15(12-16)8-4-5-11-21-18(22)23-13-14-6-2-1-3-7-14/h1-4,6-10,12H,5,11,13H2,(H,21,22). The molecule has 0 bridgehead atoms. The highest BCUT2D eigenvalue weighted by Gasteiger charge is 2.01. The van der Waals surface area contributed by atoms with Crippen molar-refractivity contribution in [2.75, 3.05) is 6.54 Å². The Morgan fingerprint density at radius 2 is 2.00 bits per heavy atom. The van der Waals surface area contributed by atoms with Crippen LogP contribution < -0.4 is 5.32 Å². The highest BCUT2D eigenvalue weighted by molar-refractivity contribution is 9.10. The lowest BCUT2D eigenvalue weighted by Crippen LogP contribution is -2.24. The van der Waals surface area contributed by atoms with Crippen LogP contribution in [0, 0.1) is 0 Å². The number of nitrogens with one attached hydrogen (secondary N) is 1. The molecule has 2 rings (SSSR count). The molecule has 0 aliphatic rings. The number of hydrogen-bond acceptors (Lipinski definition) is 2. The largest absolute Gasteiger partial charge is 0.445 e. The van der Waals surface area contributed by atoms with Gasteiger partial charge in [0.05, 0.1) is 0 Å². The fourth-order valence-corrected chi connectivity index (χ4v) is 2.44. The molecule has 3 nitrogen and oxygen atoms in total. The van der Waals surface area contributed by atoms with Gasteiger partial charge >= 0.3 is 6.09 Å². The molecule has 5 heteroatoms. The van der Waals surface area contributed by atoms with Gasteiger partial charge in [0, 0.05) is 16.0 Å². The lowest BCUT2D eigenvalue weighted by molar-refractivity contribution is 0.140. The number of benzene rings is 2. The monoisotopic (exact) mass is 393 g/mol. The summed E-state index contributed by atoms with van der Waals surface area (Å²) in [5.74, 6) is 0. The fraction of sp³-hybridized carbons (Fsp3) is 0.167. The van der Waals surface area contributed by atoms with Crippen LogP contribution in [0.4, 0.5) is 4.79 Å². The predicted molar refractivity (Wildman–Crippen MR) is 97.4 cm³/mol. The SMILES string of the molecule is O=C(NCCC=Cc1cc(Br)ccc1Cl)OCc1ccccc1. The summed E-state index contributed by atoms with van der Waals surface area (Å²) in [6.45, 7) is 0.784. The van der Waals surface area contributed by atoms with E-state index in [-0.39, 0.29) is 6.61 Å². The number of carbonyl (C=O) groups is 1. The van der Waals surface area contributed by atoms with Crippen LogP contribution in [0.5, 0.6) is 0 Å². The van der Waals surface area contributed by atoms with E-state index in [0.717, 1.165) is 15.6 Å². The maximum Gasteiger partial charge on any atom is 0.407 e. The molecular weight excluding hydrogens is 378 g/mol. The Bertz CT molecular complexity index is 674. The Labute approximate surface area is 149 Å². The predicted octanol–water partition coefficient (Wildman–Crippen LogP) is 5.43. The van der Waals surface area contributed by atoms with Gasteiger partial charge < -0.3 is 10.1 Å². The average Bonchev–Trinajstić information content (AvgIpc) is 2.56. The van der Waals surface area contributed by atoms with Gasteiger partial charge in [-0.3, -0.25) is 0 Å². The van der Waals surface area contributed by atoms with E-state index in [2.05, 4.69) is 21.2 Å². The number of rotatable bonds is 6. The first-order chi connectivity index (χ1) is 11.1. The summed E-state index contributed by atoms with van der Waals surface area (Å²) >= 11 is 9.51. The van der Waals surface area contributed by atoms with Gasteiger partial charge in [-0.25, -0.2) is 4.79 Å². The summed E-state index contributed by atoms with van der Waals surface area (Å²) in [6.07, 6.45) is 4.18. The van der Waals surface area contributed by atoms with Crippen molar-refractivity contribution >= 4 is 39.7 Å². The zero-order valence-corrected chi connectivity index (χ0v) is 14.8. The highest BCUT2D eigenvalue weighted by Crippen LogP contribution is 2.22. The number of carbonyl (C=O) groups excluding carboxylic acids is 1. The number of hydrogen-bond donors (Lipinski definition) is 1. The van der Waals surface area contributed by atoms with Crippen molar-refractivity contribution in [3.05, 3.63) is 75.2 Å². The van der Waals surface area contributed by atoms with Crippen molar-refractivity contribution in [3.63, 3.8) is 0 Å². The molecule has 0 unspecified atom stereocenters. The molecule has 1 amide bonds. The van der Waals surface area contributed by atoms with Crippen molar-refractivity contribution in [1.29, 1.82) is 0 Å². The Morgan fingerprint density at radius 3 is 2.78 bits per heavy atom. The van der Waals surface area contributed by atoms with Crippen LogP contribution in [0.3, 0.4) is 0 Å². The van der Waals surface area contributed by atoms with E-state index < -0.39 is 6.09 Å². The molecule has 1 N–H and O–H groups in total. The zero-order valence-electron chi connectivity index (χ0n) is 12.5. The molecule has 0 aliphatic heterocycles. The van der Waals surface area contributed by atoms with Crippen LogP contribution in [-0.2, 0) is 11.3 Å². The van der Waals surface area contributed by atoms with E-state index >= 15 is 0 Å². The molecular formula is C18H17BrClNO2. The second-order valence-corrected chi connectivity index (χ2v) is 6.17. The number of alkyl carbamates (subject to hydrolysis) is 1. The maximum atomic E-state index is 11.6. The molecule has 2 aromatic carbocycles. The second-order valence-electron chi connectivity index (χ2n) is 4.85. The number of halogens is 2. The Morgan fingerprint density at radius 1 is 1.22 bits per heavy atom. The third-order valence-corrected chi connectivity index (χ3v) is 3.89. The summed E-state index contributed by atoms with van der Waals surface area (Å²) in [7, 11) is 0. The van der Waals surface area contributed by atoms with Gasteiger partial charge in [0.25, 0.3) is 0 Å². The fourth-order valence-electron chi connectivity index (χ4n) is 1.88. The van der Waals surface area contributed by atoms with Crippen LogP contribution in [0.25, 0.3) is 6.08 Å². The molecule has 0 radical (unpaired) electrons. The van der Waals surface area contributed by atoms with Crippen LogP contribution in [-0.4, -0.2) is 12.6 Å². The molecule has 0 aliphatic carbocycles. The lowest BCUT2D eigenvalue weighted by atomic mass is 10.2. The second kappa shape index (κ2) is 9.38. The first kappa shape index (κ1) is 17.6. The van der Waals surface area contributed by atoms with Crippen LogP contribution in [0.1, 0.15) is 17.5 Å². The van der Waals surface area contributed by atoms with Crippen molar-refractivity contribution in [2.45, 2.75) is 13.0 Å². The van der Waals surface area contributed by atoms with Gasteiger partial charge in [-0.2, -0.15) is 0 Å². The van der Waals surface area contributed by atoms with Gasteiger partial charge in [-0.05, 0) is 35.7 Å². The van der Waals surface area contributed by atoms with Crippen LogP contribution in [0.15, 0.2) is 59.1 Å². The van der Waals surface area contributed by atoms with E-state index in [0.29, 0.717) is 18.0 Å². The number of amides is 1. The Kier molecular flexibility index (Phi) is 7.17. The summed E-state index contributed by atoms with van der Waals surface area (Å²) < 4.78 is 6.10. The van der Waals surface area contributed by atoms with Gasteiger partial charge in [-0.1, -0.05) is 70.0 Å². The van der Waals surface area contributed by atoms with E-state index in [1.807, 2.05) is 60.7 Å². The molecule has 0 aromatic heterocycles. The van der Waals surface area contributed by atoms with Gasteiger partial charge in [-0.15, -0.1) is 0 Å². The minimum absolute atomic E-state index is 0.274. The molecule has 0 heterocycles. The van der Waals surface area contributed by atoms with Crippen molar-refractivity contribution < 1.29 is 9.53 Å². The summed E-state index contributed by atoms with van der Waals surface area (Å²) in [4.78, 5) is 11.6. The molecule has 0 spiro atoms. The molecule has 2 aromatic rings. The van der Waals surface area contributed by atoms with Crippen molar-refractivity contribution in [1.82, 2.24) is 5.32 Å². The van der Waals surface area contributed by atoms with Crippen LogP contribution >= 0.6 is 27.5 Å². The molecule has 0 atom stereocenters. The Hall–Kier alpha value is -1.78. The third-order valence-electron chi connectivity index (χ3n) is 3.05. The molecule has 23 heavy (non-hydrogen) atoms. The minimum atomic E-state index is -0.414. The van der Waals surface area contributed by atoms with E-state index in [9.17, 15) is 4.79 Å². The quantitative estimate of drug-likeness (QED) is 0.663. The summed E-state index contributed by atoms with van der Waals surface area (Å²) in [5, 5.41) is 3.40. The Balaban J connectivity index is 1.67. The zero-order chi connectivity index (χ0) is 16.5. The molecule has 0 saturated carbocycles. The smallest absolute Gasteiger partial charge is 0.407 e. The first-order valence-electron chi connectivity index (χ1n) is 7.21. The molecule has 120 valence electrons. The van der Waals surface area contributed by atoms with Gasteiger partial charge in [0.1, 0.15) is 6.61 Å². The van der Waals surface area contributed by atoms with Crippen LogP contribution in [0.2, 0.25) is 5.02 Å². The number of ether oxygens (including phenoxy) is 1. The molecule has 0 saturated heterocycles.